The number of amides is 1. The number of nitrogens with zero attached hydrogens (tertiary/aromatic N) is 1. The molecule has 5 heteroatoms. The topological polar surface area (TPSA) is 20.3 Å². The van der Waals surface area contributed by atoms with Gasteiger partial charge in [0.1, 0.15) is 0 Å². The van der Waals surface area contributed by atoms with E-state index in [2.05, 4.69) is 29.5 Å². The number of likely N-dealkylation sites (tertiary alicyclic amines) is 1. The van der Waals surface area contributed by atoms with Crippen molar-refractivity contribution < 1.29 is 4.79 Å². The van der Waals surface area contributed by atoms with Crippen molar-refractivity contribution in [3.63, 3.8) is 0 Å². The Kier molecular flexibility index (Phi) is 4.78. The summed E-state index contributed by atoms with van der Waals surface area (Å²) in [4.78, 5) is 14.4. The van der Waals surface area contributed by atoms with Gasteiger partial charge in [0.05, 0.1) is 5.56 Å². The van der Waals surface area contributed by atoms with E-state index in [1.807, 2.05) is 11.0 Å². The zero-order valence-corrected chi connectivity index (χ0v) is 13.7. The maximum atomic E-state index is 12.5. The van der Waals surface area contributed by atoms with E-state index >= 15 is 0 Å². The standard InChI is InChI=1S/C13H14Cl2INO/c1-8-4-5-17(12(8)7-14)13(18)10-6-9(15)2-3-11(10)16/h2-3,6,8,12H,4-5,7H2,1H3. The Balaban J connectivity index is 2.28. The number of benzene rings is 1. The van der Waals surface area contributed by atoms with Crippen LogP contribution in [0.1, 0.15) is 23.7 Å². The van der Waals surface area contributed by atoms with Crippen molar-refractivity contribution >= 4 is 51.7 Å². The molecule has 1 aliphatic rings. The first kappa shape index (κ1) is 14.4. The fraction of sp³-hybridized carbons (Fsp3) is 0.462. The van der Waals surface area contributed by atoms with Gasteiger partial charge >= 0.3 is 0 Å². The molecule has 0 N–H and O–H groups in total. The van der Waals surface area contributed by atoms with Crippen LogP contribution in [0, 0.1) is 9.49 Å². The van der Waals surface area contributed by atoms with Crippen molar-refractivity contribution in [1.82, 2.24) is 4.90 Å². The Morgan fingerprint density at radius 3 is 2.94 bits per heavy atom. The highest BCUT2D eigenvalue weighted by molar-refractivity contribution is 14.1. The molecule has 2 rings (SSSR count). The van der Waals surface area contributed by atoms with E-state index in [9.17, 15) is 4.79 Å². The quantitative estimate of drug-likeness (QED) is 0.544. The van der Waals surface area contributed by atoms with Crippen molar-refractivity contribution in [2.45, 2.75) is 19.4 Å². The molecule has 1 aromatic rings. The first-order valence-corrected chi connectivity index (χ1v) is 7.85. The molecule has 1 heterocycles. The number of carbonyl (C=O) groups excluding carboxylic acids is 1. The number of halogens is 3. The molecule has 0 bridgehead atoms. The maximum absolute atomic E-state index is 12.5. The molecular weight excluding hydrogens is 384 g/mol. The van der Waals surface area contributed by atoms with Crippen LogP contribution in [-0.2, 0) is 0 Å². The number of rotatable bonds is 2. The Hall–Kier alpha value is -0.0000000000000000555. The molecule has 2 nitrogen and oxygen atoms in total. The number of hydrogen-bond acceptors (Lipinski definition) is 1. The minimum atomic E-state index is 0.0388. The van der Waals surface area contributed by atoms with Gasteiger partial charge in [0.25, 0.3) is 5.91 Å². The summed E-state index contributed by atoms with van der Waals surface area (Å²) in [6, 6.07) is 5.53. The molecular formula is C13H14Cl2INO. The van der Waals surface area contributed by atoms with Gasteiger partial charge in [-0.3, -0.25) is 4.79 Å². The van der Waals surface area contributed by atoms with Crippen LogP contribution in [0.5, 0.6) is 0 Å². The Labute approximate surface area is 131 Å². The molecule has 18 heavy (non-hydrogen) atoms. The highest BCUT2D eigenvalue weighted by Gasteiger charge is 2.34. The summed E-state index contributed by atoms with van der Waals surface area (Å²) in [7, 11) is 0. The minimum Gasteiger partial charge on any atom is -0.334 e. The molecule has 1 aromatic carbocycles. The fourth-order valence-electron chi connectivity index (χ4n) is 2.31. The third-order valence-electron chi connectivity index (χ3n) is 3.46. The predicted octanol–water partition coefficient (Wildman–Crippen LogP) is 4.03. The monoisotopic (exact) mass is 397 g/mol. The lowest BCUT2D eigenvalue weighted by atomic mass is 10.0. The second-order valence-corrected chi connectivity index (χ2v) is 6.52. The van der Waals surface area contributed by atoms with Crippen LogP contribution in [0.25, 0.3) is 0 Å². The fourth-order valence-corrected chi connectivity index (χ4v) is 3.52. The second kappa shape index (κ2) is 5.97. The molecule has 1 fully saturated rings. The molecule has 1 amide bonds. The maximum Gasteiger partial charge on any atom is 0.255 e. The van der Waals surface area contributed by atoms with Gasteiger partial charge in [0.2, 0.25) is 0 Å². The molecule has 2 atom stereocenters. The number of hydrogen-bond donors (Lipinski definition) is 0. The summed E-state index contributed by atoms with van der Waals surface area (Å²) in [5, 5.41) is 0.591. The van der Waals surface area contributed by atoms with Gasteiger partial charge in [-0.25, -0.2) is 0 Å². The molecule has 0 saturated carbocycles. The van der Waals surface area contributed by atoms with Crippen molar-refractivity contribution in [3.05, 3.63) is 32.4 Å². The SMILES string of the molecule is CC1CCN(C(=O)c2cc(Cl)ccc2I)C1CCl. The molecule has 0 aromatic heterocycles. The van der Waals surface area contributed by atoms with Crippen LogP contribution in [0.4, 0.5) is 0 Å². The molecule has 1 aliphatic heterocycles. The second-order valence-electron chi connectivity index (χ2n) is 4.61. The lowest BCUT2D eigenvalue weighted by molar-refractivity contribution is 0.0736. The largest absolute Gasteiger partial charge is 0.334 e. The summed E-state index contributed by atoms with van der Waals surface area (Å²) in [5.41, 5.74) is 0.673. The average Bonchev–Trinajstić information content (AvgIpc) is 2.72. The smallest absolute Gasteiger partial charge is 0.255 e. The van der Waals surface area contributed by atoms with Crippen LogP contribution in [0.15, 0.2) is 18.2 Å². The Morgan fingerprint density at radius 2 is 2.28 bits per heavy atom. The van der Waals surface area contributed by atoms with Crippen molar-refractivity contribution in [3.8, 4) is 0 Å². The van der Waals surface area contributed by atoms with Crippen molar-refractivity contribution in [2.24, 2.45) is 5.92 Å². The highest BCUT2D eigenvalue weighted by Crippen LogP contribution is 2.28. The lowest BCUT2D eigenvalue weighted by Gasteiger charge is -2.25. The normalized spacial score (nSPS) is 23.4. The highest BCUT2D eigenvalue weighted by atomic mass is 127. The Bertz CT molecular complexity index is 466. The van der Waals surface area contributed by atoms with E-state index in [0.717, 1.165) is 16.5 Å². The third-order valence-corrected chi connectivity index (χ3v) is 4.95. The van der Waals surface area contributed by atoms with Crippen molar-refractivity contribution in [2.75, 3.05) is 12.4 Å². The van der Waals surface area contributed by atoms with Crippen LogP contribution in [0.3, 0.4) is 0 Å². The molecule has 0 aliphatic carbocycles. The van der Waals surface area contributed by atoms with E-state index in [1.165, 1.54) is 0 Å². The van der Waals surface area contributed by atoms with Crippen molar-refractivity contribution in [1.29, 1.82) is 0 Å². The van der Waals surface area contributed by atoms with Gasteiger partial charge in [-0.2, -0.15) is 0 Å². The zero-order chi connectivity index (χ0) is 13.3. The van der Waals surface area contributed by atoms with E-state index in [0.29, 0.717) is 22.4 Å². The number of carbonyl (C=O) groups is 1. The summed E-state index contributed by atoms with van der Waals surface area (Å²) >= 11 is 14.1. The summed E-state index contributed by atoms with van der Waals surface area (Å²) < 4.78 is 0.926. The molecule has 2 unspecified atom stereocenters. The van der Waals surface area contributed by atoms with Gasteiger partial charge in [-0.1, -0.05) is 18.5 Å². The molecule has 1 saturated heterocycles. The Morgan fingerprint density at radius 1 is 1.56 bits per heavy atom. The van der Waals surface area contributed by atoms with E-state index < -0.39 is 0 Å². The van der Waals surface area contributed by atoms with Gasteiger partial charge in [-0.15, -0.1) is 11.6 Å². The van der Waals surface area contributed by atoms with Gasteiger partial charge in [-0.05, 0) is 53.1 Å². The molecule has 98 valence electrons. The van der Waals surface area contributed by atoms with Crippen LogP contribution in [0.2, 0.25) is 5.02 Å². The van der Waals surface area contributed by atoms with Gasteiger partial charge in [0.15, 0.2) is 0 Å². The zero-order valence-electron chi connectivity index (χ0n) is 10.00. The van der Waals surface area contributed by atoms with Gasteiger partial charge < -0.3 is 4.90 Å². The summed E-state index contributed by atoms with van der Waals surface area (Å²) in [6.07, 6.45) is 1.01. The predicted molar refractivity (Wildman–Crippen MR) is 83.5 cm³/mol. The summed E-state index contributed by atoms with van der Waals surface area (Å²) in [5.74, 6) is 0.990. The lowest BCUT2D eigenvalue weighted by Crippen LogP contribution is -2.39. The first-order valence-electron chi connectivity index (χ1n) is 5.86. The molecule has 0 spiro atoms. The number of alkyl halides is 1. The molecule has 0 radical (unpaired) electrons. The van der Waals surface area contributed by atoms with Crippen LogP contribution in [-0.4, -0.2) is 29.3 Å². The van der Waals surface area contributed by atoms with E-state index in [1.54, 1.807) is 12.1 Å². The van der Waals surface area contributed by atoms with Crippen LogP contribution < -0.4 is 0 Å². The van der Waals surface area contributed by atoms with Crippen LogP contribution >= 0.6 is 45.8 Å². The van der Waals surface area contributed by atoms with E-state index in [4.69, 9.17) is 23.2 Å². The van der Waals surface area contributed by atoms with E-state index in [-0.39, 0.29) is 11.9 Å². The minimum absolute atomic E-state index is 0.0388. The third kappa shape index (κ3) is 2.78. The van der Waals surface area contributed by atoms with Gasteiger partial charge in [0, 0.05) is 27.1 Å². The summed E-state index contributed by atoms with van der Waals surface area (Å²) in [6.45, 7) is 2.92. The average molecular weight is 398 g/mol. The first-order chi connectivity index (χ1) is 8.54.